The lowest BCUT2D eigenvalue weighted by Crippen LogP contribution is -2.25. The summed E-state index contributed by atoms with van der Waals surface area (Å²) < 4.78 is 1.65. The highest BCUT2D eigenvalue weighted by Gasteiger charge is 2.25. The molecule has 1 N–H and O–H groups in total. The van der Waals surface area contributed by atoms with Gasteiger partial charge in [-0.15, -0.1) is 10.2 Å². The van der Waals surface area contributed by atoms with Gasteiger partial charge in [-0.25, -0.2) is 4.79 Å². The van der Waals surface area contributed by atoms with Crippen LogP contribution in [-0.2, 0) is 11.2 Å². The minimum Gasteiger partial charge on any atom is -0.480 e. The quantitative estimate of drug-likeness (QED) is 0.893. The summed E-state index contributed by atoms with van der Waals surface area (Å²) in [5.74, 6) is -0.209. The second-order valence-corrected chi connectivity index (χ2v) is 4.84. The van der Waals surface area contributed by atoms with E-state index in [1.165, 1.54) is 6.33 Å². The van der Waals surface area contributed by atoms with Crippen molar-refractivity contribution in [3.05, 3.63) is 48.0 Å². The summed E-state index contributed by atoms with van der Waals surface area (Å²) in [4.78, 5) is 11.4. The zero-order valence-electron chi connectivity index (χ0n) is 11.0. The molecule has 0 aliphatic rings. The molecule has 1 aromatic heterocycles. The maximum absolute atomic E-state index is 11.4. The van der Waals surface area contributed by atoms with Crippen LogP contribution in [0.4, 0.5) is 0 Å². The lowest BCUT2D eigenvalue weighted by molar-refractivity contribution is -0.142. The van der Waals surface area contributed by atoms with Gasteiger partial charge in [0, 0.05) is 6.42 Å². The zero-order chi connectivity index (χ0) is 13.8. The topological polar surface area (TPSA) is 68.0 Å². The van der Waals surface area contributed by atoms with Gasteiger partial charge in [-0.3, -0.25) is 0 Å². The van der Waals surface area contributed by atoms with Crippen LogP contribution >= 0.6 is 0 Å². The first-order valence-corrected chi connectivity index (χ1v) is 6.24. The molecule has 2 aromatic rings. The fourth-order valence-electron chi connectivity index (χ4n) is 2.13. The van der Waals surface area contributed by atoms with Gasteiger partial charge in [0.2, 0.25) is 0 Å². The number of nitrogens with zero attached hydrogens (tertiary/aromatic N) is 3. The molecule has 2 rings (SSSR count). The van der Waals surface area contributed by atoms with Crippen LogP contribution in [0.3, 0.4) is 0 Å². The van der Waals surface area contributed by atoms with Crippen molar-refractivity contribution in [2.75, 3.05) is 0 Å². The highest BCUT2D eigenvalue weighted by molar-refractivity contribution is 5.72. The SMILES string of the molecule is CC(C)C(C(=O)O)n1cnnc1Cc1ccccc1. The Balaban J connectivity index is 2.29. The highest BCUT2D eigenvalue weighted by Crippen LogP contribution is 2.20. The summed E-state index contributed by atoms with van der Waals surface area (Å²) in [6, 6.07) is 9.20. The van der Waals surface area contributed by atoms with Crippen molar-refractivity contribution in [3.63, 3.8) is 0 Å². The summed E-state index contributed by atoms with van der Waals surface area (Å²) in [6.45, 7) is 3.76. The van der Waals surface area contributed by atoms with Gasteiger partial charge in [-0.2, -0.15) is 0 Å². The molecule has 1 unspecified atom stereocenters. The molecule has 0 saturated carbocycles. The fourth-order valence-corrected chi connectivity index (χ4v) is 2.13. The third kappa shape index (κ3) is 2.99. The summed E-state index contributed by atoms with van der Waals surface area (Å²) in [6.07, 6.45) is 2.08. The largest absolute Gasteiger partial charge is 0.480 e. The summed E-state index contributed by atoms with van der Waals surface area (Å²) in [5, 5.41) is 17.2. The molecule has 1 heterocycles. The van der Waals surface area contributed by atoms with Crippen LogP contribution in [0.15, 0.2) is 36.7 Å². The van der Waals surface area contributed by atoms with Crippen molar-refractivity contribution in [2.45, 2.75) is 26.3 Å². The van der Waals surface area contributed by atoms with Gasteiger partial charge in [0.05, 0.1) is 0 Å². The van der Waals surface area contributed by atoms with Crippen molar-refractivity contribution in [1.82, 2.24) is 14.8 Å². The average molecular weight is 259 g/mol. The van der Waals surface area contributed by atoms with E-state index in [9.17, 15) is 9.90 Å². The molecule has 1 aromatic carbocycles. The van der Waals surface area contributed by atoms with Crippen molar-refractivity contribution >= 4 is 5.97 Å². The number of carboxylic acids is 1. The Bertz CT molecular complexity index is 549. The normalized spacial score (nSPS) is 12.6. The molecular weight excluding hydrogens is 242 g/mol. The Morgan fingerprint density at radius 3 is 2.58 bits per heavy atom. The van der Waals surface area contributed by atoms with Gasteiger partial charge in [-0.05, 0) is 11.5 Å². The number of aliphatic carboxylic acids is 1. The first-order chi connectivity index (χ1) is 9.09. The second-order valence-electron chi connectivity index (χ2n) is 4.84. The highest BCUT2D eigenvalue weighted by atomic mass is 16.4. The molecule has 0 saturated heterocycles. The van der Waals surface area contributed by atoms with Gasteiger partial charge in [0.25, 0.3) is 0 Å². The first-order valence-electron chi connectivity index (χ1n) is 6.24. The molecule has 0 amide bonds. The maximum Gasteiger partial charge on any atom is 0.327 e. The van der Waals surface area contributed by atoms with Gasteiger partial charge in [0.1, 0.15) is 18.2 Å². The molecule has 0 bridgehead atoms. The van der Waals surface area contributed by atoms with E-state index < -0.39 is 12.0 Å². The number of carbonyl (C=O) groups is 1. The van der Waals surface area contributed by atoms with E-state index in [0.717, 1.165) is 5.56 Å². The van der Waals surface area contributed by atoms with E-state index in [2.05, 4.69) is 10.2 Å². The molecule has 0 aliphatic carbocycles. The third-order valence-electron chi connectivity index (χ3n) is 3.04. The number of benzene rings is 1. The number of carboxylic acid groups (broad SMARTS) is 1. The Kier molecular flexibility index (Phi) is 3.94. The predicted octanol–water partition coefficient (Wildman–Crippen LogP) is 2.15. The van der Waals surface area contributed by atoms with E-state index in [0.29, 0.717) is 12.2 Å². The van der Waals surface area contributed by atoms with Gasteiger partial charge < -0.3 is 9.67 Å². The fraction of sp³-hybridized carbons (Fsp3) is 0.357. The summed E-state index contributed by atoms with van der Waals surface area (Å²) in [7, 11) is 0. The molecule has 0 fully saturated rings. The van der Waals surface area contributed by atoms with Gasteiger partial charge >= 0.3 is 5.97 Å². The van der Waals surface area contributed by atoms with Crippen LogP contribution in [0.1, 0.15) is 31.3 Å². The van der Waals surface area contributed by atoms with Gasteiger partial charge in [0.15, 0.2) is 0 Å². The average Bonchev–Trinajstić information content (AvgIpc) is 2.78. The monoisotopic (exact) mass is 259 g/mol. The predicted molar refractivity (Wildman–Crippen MR) is 70.8 cm³/mol. The van der Waals surface area contributed by atoms with E-state index in [4.69, 9.17) is 0 Å². The van der Waals surface area contributed by atoms with Gasteiger partial charge in [-0.1, -0.05) is 44.2 Å². The molecule has 19 heavy (non-hydrogen) atoms. The lowest BCUT2D eigenvalue weighted by Gasteiger charge is -2.19. The Morgan fingerprint density at radius 1 is 1.32 bits per heavy atom. The third-order valence-corrected chi connectivity index (χ3v) is 3.04. The van der Waals surface area contributed by atoms with Crippen molar-refractivity contribution in [1.29, 1.82) is 0 Å². The molecule has 0 radical (unpaired) electrons. The summed E-state index contributed by atoms with van der Waals surface area (Å²) in [5.41, 5.74) is 1.09. The van der Waals surface area contributed by atoms with Crippen LogP contribution in [-0.4, -0.2) is 25.8 Å². The van der Waals surface area contributed by atoms with Crippen LogP contribution in [0, 0.1) is 5.92 Å². The smallest absolute Gasteiger partial charge is 0.327 e. The molecule has 0 aliphatic heterocycles. The molecule has 5 nitrogen and oxygen atoms in total. The number of rotatable bonds is 5. The number of aromatic nitrogens is 3. The van der Waals surface area contributed by atoms with E-state index >= 15 is 0 Å². The van der Waals surface area contributed by atoms with E-state index in [1.54, 1.807) is 4.57 Å². The zero-order valence-corrected chi connectivity index (χ0v) is 11.0. The second kappa shape index (κ2) is 5.65. The molecule has 0 spiro atoms. The lowest BCUT2D eigenvalue weighted by atomic mass is 10.0. The Hall–Kier alpha value is -2.17. The van der Waals surface area contributed by atoms with Crippen molar-refractivity contribution in [3.8, 4) is 0 Å². The first kappa shape index (κ1) is 13.3. The summed E-state index contributed by atoms with van der Waals surface area (Å²) >= 11 is 0. The van der Waals surface area contributed by atoms with Crippen LogP contribution in [0.5, 0.6) is 0 Å². The molecular formula is C14H17N3O2. The van der Waals surface area contributed by atoms with Crippen LogP contribution in [0.2, 0.25) is 0 Å². The molecule has 100 valence electrons. The van der Waals surface area contributed by atoms with E-state index in [-0.39, 0.29) is 5.92 Å². The van der Waals surface area contributed by atoms with Crippen LogP contribution in [0.25, 0.3) is 0 Å². The number of hydrogen-bond acceptors (Lipinski definition) is 3. The minimum atomic E-state index is -0.857. The number of hydrogen-bond donors (Lipinski definition) is 1. The van der Waals surface area contributed by atoms with Crippen molar-refractivity contribution < 1.29 is 9.90 Å². The van der Waals surface area contributed by atoms with Crippen molar-refractivity contribution in [2.24, 2.45) is 5.92 Å². The Morgan fingerprint density at radius 2 is 2.00 bits per heavy atom. The maximum atomic E-state index is 11.4. The van der Waals surface area contributed by atoms with Crippen LogP contribution < -0.4 is 0 Å². The van der Waals surface area contributed by atoms with E-state index in [1.807, 2.05) is 44.2 Å². The molecule has 5 heteroatoms. The standard InChI is InChI=1S/C14H17N3O2/c1-10(2)13(14(18)19)17-9-15-16-12(17)8-11-6-4-3-5-7-11/h3-7,9-10,13H,8H2,1-2H3,(H,18,19). The Labute approximate surface area is 111 Å². The molecule has 1 atom stereocenters. The minimum absolute atomic E-state index is 0.0250.